The molecule has 2 aromatic carbocycles. The van der Waals surface area contributed by atoms with E-state index in [4.69, 9.17) is 0 Å². The van der Waals surface area contributed by atoms with E-state index in [1.54, 1.807) is 0 Å². The highest BCUT2D eigenvalue weighted by molar-refractivity contribution is 5.86. The van der Waals surface area contributed by atoms with Crippen molar-refractivity contribution in [3.05, 3.63) is 48.0 Å². The van der Waals surface area contributed by atoms with Crippen LogP contribution in [0.15, 0.2) is 42.5 Å². The average Bonchev–Trinajstić information content (AvgIpc) is 2.37. The van der Waals surface area contributed by atoms with Crippen LogP contribution >= 0.6 is 0 Å². The summed E-state index contributed by atoms with van der Waals surface area (Å²) in [6.45, 7) is 1.75. The molecule has 0 radical (unpaired) electrons. The van der Waals surface area contributed by atoms with Crippen LogP contribution in [0, 0.1) is 0 Å². The summed E-state index contributed by atoms with van der Waals surface area (Å²) in [5, 5.41) is 21.1. The van der Waals surface area contributed by atoms with Crippen molar-refractivity contribution in [1.82, 2.24) is 0 Å². The molecule has 84 valence electrons. The van der Waals surface area contributed by atoms with Crippen molar-refractivity contribution in [3.63, 3.8) is 0 Å². The molecule has 0 unspecified atom stereocenters. The van der Waals surface area contributed by atoms with Crippen LogP contribution in [-0.2, 0) is 5.41 Å². The van der Waals surface area contributed by atoms with Crippen LogP contribution in [-0.4, -0.2) is 23.4 Å². The predicted molar refractivity (Wildman–Crippen MR) is 65.5 cm³/mol. The lowest BCUT2D eigenvalue weighted by molar-refractivity contribution is 0.130. The minimum Gasteiger partial charge on any atom is -0.395 e. The van der Waals surface area contributed by atoms with Gasteiger partial charge < -0.3 is 10.2 Å². The highest BCUT2D eigenvalue weighted by Crippen LogP contribution is 2.29. The van der Waals surface area contributed by atoms with Gasteiger partial charge in [-0.3, -0.25) is 0 Å². The summed E-state index contributed by atoms with van der Waals surface area (Å²) in [5.41, 5.74) is 0.413. The summed E-state index contributed by atoms with van der Waals surface area (Å²) in [4.78, 5) is 0. The zero-order valence-electron chi connectivity index (χ0n) is 9.35. The highest BCUT2D eigenvalue weighted by atomic mass is 16.3. The summed E-state index contributed by atoms with van der Waals surface area (Å²) in [6.07, 6.45) is 0. The first-order valence-electron chi connectivity index (χ1n) is 5.41. The molecular weight excluding hydrogens is 200 g/mol. The Morgan fingerprint density at radius 1 is 0.938 bits per heavy atom. The van der Waals surface area contributed by atoms with Gasteiger partial charge in [-0.15, -0.1) is 0 Å². The van der Waals surface area contributed by atoms with E-state index in [1.807, 2.05) is 49.4 Å². The quantitative estimate of drug-likeness (QED) is 0.824. The molecule has 0 spiro atoms. The van der Waals surface area contributed by atoms with Gasteiger partial charge in [0.25, 0.3) is 0 Å². The van der Waals surface area contributed by atoms with Crippen molar-refractivity contribution in [3.8, 4) is 0 Å². The molecule has 0 aliphatic heterocycles. The van der Waals surface area contributed by atoms with E-state index in [0.717, 1.165) is 16.3 Å². The van der Waals surface area contributed by atoms with Crippen LogP contribution in [0.3, 0.4) is 0 Å². The van der Waals surface area contributed by atoms with Crippen LogP contribution in [0.25, 0.3) is 10.8 Å². The molecule has 0 saturated carbocycles. The van der Waals surface area contributed by atoms with Gasteiger partial charge in [0, 0.05) is 5.41 Å². The lowest BCUT2D eigenvalue weighted by atomic mass is 9.81. The first kappa shape index (κ1) is 11.1. The Hall–Kier alpha value is -1.38. The van der Waals surface area contributed by atoms with Crippen molar-refractivity contribution in [2.45, 2.75) is 12.3 Å². The van der Waals surface area contributed by atoms with Crippen molar-refractivity contribution in [1.29, 1.82) is 0 Å². The Morgan fingerprint density at radius 2 is 1.56 bits per heavy atom. The molecule has 0 bridgehead atoms. The summed E-state index contributed by atoms with van der Waals surface area (Å²) in [5.74, 6) is 0. The average molecular weight is 216 g/mol. The second-order valence-corrected chi connectivity index (χ2v) is 4.40. The molecule has 0 heterocycles. The molecular formula is C14H16O2. The van der Waals surface area contributed by atoms with Gasteiger partial charge in [-0.25, -0.2) is 0 Å². The lowest BCUT2D eigenvalue weighted by Gasteiger charge is -2.26. The summed E-state index contributed by atoms with van der Waals surface area (Å²) in [6, 6.07) is 14.0. The van der Waals surface area contributed by atoms with E-state index in [1.165, 1.54) is 0 Å². The summed E-state index contributed by atoms with van der Waals surface area (Å²) >= 11 is 0. The van der Waals surface area contributed by atoms with Gasteiger partial charge in [-0.1, -0.05) is 49.4 Å². The van der Waals surface area contributed by atoms with E-state index in [2.05, 4.69) is 0 Å². The number of fused-ring (bicyclic) bond motifs is 1. The number of rotatable bonds is 3. The minimum atomic E-state index is -0.582. The molecule has 0 amide bonds. The summed E-state index contributed by atoms with van der Waals surface area (Å²) < 4.78 is 0. The maximum atomic E-state index is 9.44. The van der Waals surface area contributed by atoms with Crippen molar-refractivity contribution in [2.24, 2.45) is 0 Å². The smallest absolute Gasteiger partial charge is 0.0547 e. The Bertz CT molecular complexity index is 482. The van der Waals surface area contributed by atoms with Gasteiger partial charge in [0.15, 0.2) is 0 Å². The largest absolute Gasteiger partial charge is 0.395 e. The highest BCUT2D eigenvalue weighted by Gasteiger charge is 2.26. The fraction of sp³-hybridized carbons (Fsp3) is 0.286. The lowest BCUT2D eigenvalue weighted by Crippen LogP contribution is -2.31. The number of aliphatic hydroxyl groups excluding tert-OH is 2. The molecule has 0 aromatic heterocycles. The van der Waals surface area contributed by atoms with Gasteiger partial charge in [0.1, 0.15) is 0 Å². The van der Waals surface area contributed by atoms with Crippen LogP contribution in [0.5, 0.6) is 0 Å². The van der Waals surface area contributed by atoms with E-state index >= 15 is 0 Å². The normalized spacial score (nSPS) is 11.9. The van der Waals surface area contributed by atoms with E-state index < -0.39 is 5.41 Å². The first-order chi connectivity index (χ1) is 7.71. The third-order valence-corrected chi connectivity index (χ3v) is 3.14. The van der Waals surface area contributed by atoms with Gasteiger partial charge in [0.05, 0.1) is 13.2 Å². The molecule has 2 heteroatoms. The fourth-order valence-electron chi connectivity index (χ4n) is 1.97. The molecule has 0 saturated heterocycles. The van der Waals surface area contributed by atoms with Gasteiger partial charge in [0.2, 0.25) is 0 Å². The number of benzene rings is 2. The molecule has 0 fully saturated rings. The molecule has 0 aliphatic carbocycles. The zero-order chi connectivity index (χ0) is 11.6. The van der Waals surface area contributed by atoms with E-state index in [0.29, 0.717) is 0 Å². The van der Waals surface area contributed by atoms with Gasteiger partial charge in [-0.2, -0.15) is 0 Å². The molecule has 16 heavy (non-hydrogen) atoms. The molecule has 0 atom stereocenters. The van der Waals surface area contributed by atoms with Crippen LogP contribution in [0.2, 0.25) is 0 Å². The van der Waals surface area contributed by atoms with Gasteiger partial charge >= 0.3 is 0 Å². The van der Waals surface area contributed by atoms with E-state index in [9.17, 15) is 10.2 Å². The maximum absolute atomic E-state index is 9.44. The summed E-state index contributed by atoms with van der Waals surface area (Å²) in [7, 11) is 0. The van der Waals surface area contributed by atoms with Crippen molar-refractivity contribution < 1.29 is 10.2 Å². The molecule has 2 N–H and O–H groups in total. The third-order valence-electron chi connectivity index (χ3n) is 3.14. The number of hydrogen-bond acceptors (Lipinski definition) is 2. The Kier molecular flexibility index (Phi) is 2.95. The van der Waals surface area contributed by atoms with E-state index in [-0.39, 0.29) is 13.2 Å². The number of hydrogen-bond donors (Lipinski definition) is 2. The number of aliphatic hydroxyl groups is 2. The topological polar surface area (TPSA) is 40.5 Å². The third kappa shape index (κ3) is 1.70. The monoisotopic (exact) mass is 216 g/mol. The van der Waals surface area contributed by atoms with Crippen molar-refractivity contribution >= 4 is 10.8 Å². The Balaban J connectivity index is 2.69. The predicted octanol–water partition coefficient (Wildman–Crippen LogP) is 2.08. The molecule has 2 aromatic rings. The minimum absolute atomic E-state index is 0.0580. The van der Waals surface area contributed by atoms with Crippen molar-refractivity contribution in [2.75, 3.05) is 13.2 Å². The Labute approximate surface area is 95.2 Å². The zero-order valence-corrected chi connectivity index (χ0v) is 9.35. The second kappa shape index (κ2) is 4.24. The first-order valence-corrected chi connectivity index (χ1v) is 5.41. The molecule has 2 rings (SSSR count). The standard InChI is InChI=1S/C14H16O2/c1-14(9-15,10-16)13-8-4-6-11-5-2-3-7-12(11)13/h2-8,15-16H,9-10H2,1H3. The SMILES string of the molecule is CC(CO)(CO)c1cccc2ccccc12. The molecule has 0 aliphatic rings. The van der Waals surface area contributed by atoms with Crippen LogP contribution < -0.4 is 0 Å². The fourth-order valence-corrected chi connectivity index (χ4v) is 1.97. The van der Waals surface area contributed by atoms with Crippen LogP contribution in [0.4, 0.5) is 0 Å². The second-order valence-electron chi connectivity index (χ2n) is 4.40. The van der Waals surface area contributed by atoms with Crippen LogP contribution in [0.1, 0.15) is 12.5 Å². The van der Waals surface area contributed by atoms with Gasteiger partial charge in [-0.05, 0) is 16.3 Å². The maximum Gasteiger partial charge on any atom is 0.0547 e. The Morgan fingerprint density at radius 3 is 2.25 bits per heavy atom. The molecule has 2 nitrogen and oxygen atoms in total.